The molecule has 1 atom stereocenters. The minimum atomic E-state index is -0.191. The third kappa shape index (κ3) is 3.81. The van der Waals surface area contributed by atoms with E-state index < -0.39 is 0 Å². The maximum atomic E-state index is 11.8. The number of pyridine rings is 1. The van der Waals surface area contributed by atoms with Crippen molar-refractivity contribution in [2.24, 2.45) is 5.92 Å². The van der Waals surface area contributed by atoms with Crippen LogP contribution in [0.25, 0.3) is 0 Å². The molecule has 0 unspecified atom stereocenters. The molecule has 2 aromatic rings. The van der Waals surface area contributed by atoms with Gasteiger partial charge in [0, 0.05) is 30.7 Å². The van der Waals surface area contributed by atoms with E-state index in [1.54, 1.807) is 23.1 Å². The SMILES string of the molecule is C[C@@H](NC(=O)Nc1ccn(Cc2ccncc2)n1)C1CC1. The lowest BCUT2D eigenvalue weighted by atomic mass is 10.2. The number of urea groups is 1. The van der Waals surface area contributed by atoms with Gasteiger partial charge in [0.1, 0.15) is 0 Å². The van der Waals surface area contributed by atoms with Crippen molar-refractivity contribution >= 4 is 11.8 Å². The third-order valence-corrected chi connectivity index (χ3v) is 3.66. The molecule has 0 aromatic carbocycles. The molecule has 2 amide bonds. The summed E-state index contributed by atoms with van der Waals surface area (Å²) in [6.45, 7) is 2.70. The van der Waals surface area contributed by atoms with E-state index in [0.717, 1.165) is 5.56 Å². The molecular formula is C15H19N5O. The fourth-order valence-electron chi connectivity index (χ4n) is 2.26. The largest absolute Gasteiger partial charge is 0.335 e. The lowest BCUT2D eigenvalue weighted by molar-refractivity contribution is 0.248. The molecule has 1 aliphatic carbocycles. The number of hydrogen-bond acceptors (Lipinski definition) is 3. The number of carbonyl (C=O) groups excluding carboxylic acids is 1. The Labute approximate surface area is 123 Å². The van der Waals surface area contributed by atoms with Gasteiger partial charge in [0.05, 0.1) is 6.54 Å². The van der Waals surface area contributed by atoms with Gasteiger partial charge in [-0.3, -0.25) is 15.0 Å². The Morgan fingerprint density at radius 3 is 2.86 bits per heavy atom. The number of rotatable bonds is 5. The van der Waals surface area contributed by atoms with Gasteiger partial charge in [-0.25, -0.2) is 4.79 Å². The topological polar surface area (TPSA) is 71.8 Å². The molecule has 2 aromatic heterocycles. The van der Waals surface area contributed by atoms with Crippen LogP contribution in [0.5, 0.6) is 0 Å². The van der Waals surface area contributed by atoms with Crippen LogP contribution in [-0.2, 0) is 6.54 Å². The quantitative estimate of drug-likeness (QED) is 0.885. The van der Waals surface area contributed by atoms with Crippen molar-refractivity contribution in [1.82, 2.24) is 20.1 Å². The molecule has 1 aliphatic rings. The Bertz CT molecular complexity index is 606. The Balaban J connectivity index is 1.53. The first-order chi connectivity index (χ1) is 10.2. The molecule has 2 heterocycles. The summed E-state index contributed by atoms with van der Waals surface area (Å²) in [6.07, 6.45) is 7.78. The Morgan fingerprint density at radius 1 is 1.38 bits per heavy atom. The number of aromatic nitrogens is 3. The second kappa shape index (κ2) is 5.95. The van der Waals surface area contributed by atoms with Crippen molar-refractivity contribution in [2.75, 3.05) is 5.32 Å². The maximum absolute atomic E-state index is 11.8. The predicted octanol–water partition coefficient (Wildman–Crippen LogP) is 2.25. The van der Waals surface area contributed by atoms with Gasteiger partial charge < -0.3 is 5.32 Å². The van der Waals surface area contributed by atoms with Gasteiger partial charge in [-0.15, -0.1) is 0 Å². The number of nitrogens with zero attached hydrogens (tertiary/aromatic N) is 3. The number of carbonyl (C=O) groups is 1. The molecule has 21 heavy (non-hydrogen) atoms. The fourth-order valence-corrected chi connectivity index (χ4v) is 2.26. The second-order valence-corrected chi connectivity index (χ2v) is 5.48. The highest BCUT2D eigenvalue weighted by atomic mass is 16.2. The molecule has 0 spiro atoms. The maximum Gasteiger partial charge on any atom is 0.320 e. The lowest BCUT2D eigenvalue weighted by Gasteiger charge is -2.12. The molecule has 0 aliphatic heterocycles. The van der Waals surface area contributed by atoms with Crippen molar-refractivity contribution in [1.29, 1.82) is 0 Å². The van der Waals surface area contributed by atoms with E-state index in [9.17, 15) is 4.79 Å². The third-order valence-electron chi connectivity index (χ3n) is 3.66. The van der Waals surface area contributed by atoms with Crippen LogP contribution in [0, 0.1) is 5.92 Å². The first-order valence-electron chi connectivity index (χ1n) is 7.20. The molecule has 0 bridgehead atoms. The Hall–Kier alpha value is -2.37. The van der Waals surface area contributed by atoms with Crippen LogP contribution in [0.15, 0.2) is 36.8 Å². The minimum absolute atomic E-state index is 0.191. The highest BCUT2D eigenvalue weighted by Gasteiger charge is 2.28. The molecular weight excluding hydrogens is 266 g/mol. The van der Waals surface area contributed by atoms with E-state index in [-0.39, 0.29) is 12.1 Å². The zero-order valence-electron chi connectivity index (χ0n) is 12.0. The van der Waals surface area contributed by atoms with Crippen molar-refractivity contribution in [2.45, 2.75) is 32.4 Å². The van der Waals surface area contributed by atoms with E-state index in [1.165, 1.54) is 12.8 Å². The molecule has 6 heteroatoms. The molecule has 2 N–H and O–H groups in total. The van der Waals surface area contributed by atoms with E-state index in [2.05, 4.69) is 20.7 Å². The minimum Gasteiger partial charge on any atom is -0.335 e. The van der Waals surface area contributed by atoms with E-state index >= 15 is 0 Å². The van der Waals surface area contributed by atoms with E-state index in [1.807, 2.05) is 25.3 Å². The fraction of sp³-hybridized carbons (Fsp3) is 0.400. The average Bonchev–Trinajstić information content (AvgIpc) is 3.23. The van der Waals surface area contributed by atoms with Crippen LogP contribution >= 0.6 is 0 Å². The monoisotopic (exact) mass is 285 g/mol. The molecule has 6 nitrogen and oxygen atoms in total. The Kier molecular flexibility index (Phi) is 3.85. The van der Waals surface area contributed by atoms with Crippen molar-refractivity contribution in [3.8, 4) is 0 Å². The average molecular weight is 285 g/mol. The molecule has 0 saturated heterocycles. The summed E-state index contributed by atoms with van der Waals surface area (Å²) in [5, 5.41) is 10.0. The van der Waals surface area contributed by atoms with E-state index in [4.69, 9.17) is 0 Å². The normalized spacial score (nSPS) is 15.5. The summed E-state index contributed by atoms with van der Waals surface area (Å²) in [4.78, 5) is 15.8. The molecule has 0 radical (unpaired) electrons. The van der Waals surface area contributed by atoms with Crippen molar-refractivity contribution < 1.29 is 4.79 Å². The van der Waals surface area contributed by atoms with Gasteiger partial charge >= 0.3 is 6.03 Å². The van der Waals surface area contributed by atoms with Crippen LogP contribution in [-0.4, -0.2) is 26.8 Å². The first-order valence-corrected chi connectivity index (χ1v) is 7.20. The zero-order valence-corrected chi connectivity index (χ0v) is 12.0. The van der Waals surface area contributed by atoms with Crippen LogP contribution in [0.2, 0.25) is 0 Å². The van der Waals surface area contributed by atoms with Crippen LogP contribution in [0.1, 0.15) is 25.3 Å². The zero-order chi connectivity index (χ0) is 14.7. The molecule has 1 saturated carbocycles. The van der Waals surface area contributed by atoms with Gasteiger partial charge in [-0.2, -0.15) is 5.10 Å². The second-order valence-electron chi connectivity index (χ2n) is 5.48. The molecule has 3 rings (SSSR count). The summed E-state index contributed by atoms with van der Waals surface area (Å²) in [5.74, 6) is 1.20. The Morgan fingerprint density at radius 2 is 2.14 bits per heavy atom. The summed E-state index contributed by atoms with van der Waals surface area (Å²) >= 11 is 0. The van der Waals surface area contributed by atoms with Gasteiger partial charge in [0.2, 0.25) is 0 Å². The number of anilines is 1. The predicted molar refractivity (Wildman–Crippen MR) is 79.9 cm³/mol. The summed E-state index contributed by atoms with van der Waals surface area (Å²) in [6, 6.07) is 5.72. The summed E-state index contributed by atoms with van der Waals surface area (Å²) in [7, 11) is 0. The van der Waals surface area contributed by atoms with Crippen molar-refractivity contribution in [3.05, 3.63) is 42.4 Å². The van der Waals surface area contributed by atoms with Gasteiger partial charge in [0.15, 0.2) is 5.82 Å². The van der Waals surface area contributed by atoms with Gasteiger partial charge in [0.25, 0.3) is 0 Å². The highest BCUT2D eigenvalue weighted by molar-refractivity contribution is 5.88. The van der Waals surface area contributed by atoms with E-state index in [0.29, 0.717) is 18.3 Å². The van der Waals surface area contributed by atoms with Gasteiger partial charge in [-0.1, -0.05) is 0 Å². The van der Waals surface area contributed by atoms with Crippen LogP contribution in [0.3, 0.4) is 0 Å². The summed E-state index contributed by atoms with van der Waals surface area (Å²) in [5.41, 5.74) is 1.12. The lowest BCUT2D eigenvalue weighted by Crippen LogP contribution is -2.37. The van der Waals surface area contributed by atoms with Crippen molar-refractivity contribution in [3.63, 3.8) is 0 Å². The highest BCUT2D eigenvalue weighted by Crippen LogP contribution is 2.32. The summed E-state index contributed by atoms with van der Waals surface area (Å²) < 4.78 is 1.79. The number of nitrogens with one attached hydrogen (secondary N) is 2. The van der Waals surface area contributed by atoms with Crippen LogP contribution < -0.4 is 10.6 Å². The first kappa shape index (κ1) is 13.6. The number of hydrogen-bond donors (Lipinski definition) is 2. The number of amides is 2. The smallest absolute Gasteiger partial charge is 0.320 e. The molecule has 110 valence electrons. The van der Waals surface area contributed by atoms with Crippen LogP contribution in [0.4, 0.5) is 10.6 Å². The molecule has 1 fully saturated rings. The van der Waals surface area contributed by atoms with Gasteiger partial charge in [-0.05, 0) is 43.4 Å². The standard InChI is InChI=1S/C15H19N5O/c1-11(13-2-3-13)17-15(21)18-14-6-9-20(19-14)10-12-4-7-16-8-5-12/h4-9,11,13H,2-3,10H2,1H3,(H2,17,18,19,21)/t11-/m1/s1.